The molecule has 0 aliphatic heterocycles. The van der Waals surface area contributed by atoms with Crippen molar-refractivity contribution >= 4 is 27.6 Å². The van der Waals surface area contributed by atoms with Crippen molar-refractivity contribution in [1.82, 2.24) is 0 Å². The van der Waals surface area contributed by atoms with E-state index in [9.17, 15) is 8.42 Å². The highest BCUT2D eigenvalue weighted by Crippen LogP contribution is 2.23. The van der Waals surface area contributed by atoms with E-state index < -0.39 is 10.0 Å². The number of hydrogen-bond donors (Lipinski definition) is 1. The highest BCUT2D eigenvalue weighted by Gasteiger charge is 2.15. The van der Waals surface area contributed by atoms with E-state index in [0.29, 0.717) is 18.0 Å². The summed E-state index contributed by atoms with van der Waals surface area (Å²) < 4.78 is 33.6. The Morgan fingerprint density at radius 2 is 1.72 bits per heavy atom. The number of nitrogens with zero attached hydrogens (tertiary/aromatic N) is 1. The lowest BCUT2D eigenvalue weighted by Gasteiger charge is -2.11. The average molecular weight is 409 g/mol. The summed E-state index contributed by atoms with van der Waals surface area (Å²) in [6.07, 6.45) is 1.71. The van der Waals surface area contributed by atoms with E-state index in [4.69, 9.17) is 4.74 Å². The number of ether oxygens (including phenoxy) is 1. The van der Waals surface area contributed by atoms with E-state index in [0.717, 1.165) is 22.4 Å². The molecule has 0 aliphatic carbocycles. The van der Waals surface area contributed by atoms with Gasteiger partial charge in [-0.05, 0) is 68.8 Å². The average Bonchev–Trinajstić information content (AvgIpc) is 2.70. The Morgan fingerprint density at radius 3 is 2.41 bits per heavy atom. The maximum atomic E-state index is 12.7. The van der Waals surface area contributed by atoms with Gasteiger partial charge in [0.15, 0.2) is 0 Å². The van der Waals surface area contributed by atoms with E-state index >= 15 is 0 Å². The molecule has 3 aromatic carbocycles. The topological polar surface area (TPSA) is 67.8 Å². The fourth-order valence-corrected chi connectivity index (χ4v) is 3.99. The molecule has 0 aromatic heterocycles. The lowest BCUT2D eigenvalue weighted by Crippen LogP contribution is -2.13. The second-order valence-electron chi connectivity index (χ2n) is 6.65. The van der Waals surface area contributed by atoms with Crippen LogP contribution in [0.3, 0.4) is 0 Å². The zero-order chi connectivity index (χ0) is 20.9. The fourth-order valence-electron chi connectivity index (χ4n) is 2.86. The first-order chi connectivity index (χ1) is 13.9. The van der Waals surface area contributed by atoms with Gasteiger partial charge in [-0.15, -0.1) is 0 Å². The lowest BCUT2D eigenvalue weighted by atomic mass is 10.1. The number of benzene rings is 3. The van der Waals surface area contributed by atoms with Crippen LogP contribution in [-0.4, -0.2) is 21.2 Å². The van der Waals surface area contributed by atoms with Crippen molar-refractivity contribution in [1.29, 1.82) is 0 Å². The molecular formula is C23H24N2O3S. The zero-order valence-corrected chi connectivity index (χ0v) is 17.5. The van der Waals surface area contributed by atoms with Crippen LogP contribution in [0, 0.1) is 13.8 Å². The van der Waals surface area contributed by atoms with Crippen molar-refractivity contribution in [2.45, 2.75) is 25.7 Å². The van der Waals surface area contributed by atoms with Crippen LogP contribution >= 0.6 is 0 Å². The maximum absolute atomic E-state index is 12.7. The number of anilines is 1. The van der Waals surface area contributed by atoms with Gasteiger partial charge in [-0.25, -0.2) is 8.42 Å². The molecule has 150 valence electrons. The van der Waals surface area contributed by atoms with E-state index in [1.807, 2.05) is 57.2 Å². The molecule has 0 spiro atoms. The highest BCUT2D eigenvalue weighted by atomic mass is 32.2. The molecule has 3 rings (SSSR count). The minimum Gasteiger partial charge on any atom is -0.493 e. The van der Waals surface area contributed by atoms with Crippen LogP contribution in [0.15, 0.2) is 76.6 Å². The maximum Gasteiger partial charge on any atom is 0.261 e. The molecule has 0 heterocycles. The third-order valence-corrected chi connectivity index (χ3v) is 5.73. The number of rotatable bonds is 7. The molecule has 3 aromatic rings. The van der Waals surface area contributed by atoms with Crippen LogP contribution in [-0.2, 0) is 10.0 Å². The number of aliphatic imine (C=N–C) groups is 1. The minimum absolute atomic E-state index is 0.186. The summed E-state index contributed by atoms with van der Waals surface area (Å²) in [5, 5.41) is 0. The second kappa shape index (κ2) is 8.92. The Morgan fingerprint density at radius 1 is 1.00 bits per heavy atom. The first kappa shape index (κ1) is 20.6. The quantitative estimate of drug-likeness (QED) is 0.543. The summed E-state index contributed by atoms with van der Waals surface area (Å²) in [5.74, 6) is 0.760. The summed E-state index contributed by atoms with van der Waals surface area (Å²) in [4.78, 5) is 4.62. The van der Waals surface area contributed by atoms with Gasteiger partial charge in [0.25, 0.3) is 10.0 Å². The third kappa shape index (κ3) is 5.23. The molecule has 0 fully saturated rings. The van der Waals surface area contributed by atoms with Crippen molar-refractivity contribution in [3.8, 4) is 5.75 Å². The first-order valence-electron chi connectivity index (χ1n) is 9.35. The molecule has 29 heavy (non-hydrogen) atoms. The molecule has 0 saturated heterocycles. The normalized spacial score (nSPS) is 11.6. The lowest BCUT2D eigenvalue weighted by molar-refractivity contribution is 0.340. The SMILES string of the molecule is CCOc1ccccc1C=Nc1ccc(S(=O)(=O)Nc2ccc(C)cc2C)cc1. The van der Waals surface area contributed by atoms with Crippen LogP contribution < -0.4 is 9.46 Å². The molecule has 0 atom stereocenters. The van der Waals surface area contributed by atoms with E-state index in [-0.39, 0.29) is 4.90 Å². The standard InChI is InChI=1S/C23H24N2O3S/c1-4-28-23-8-6-5-7-19(23)16-24-20-10-12-21(13-11-20)29(26,27)25-22-14-9-17(2)15-18(22)3/h5-16,25H,4H2,1-3H3. The first-order valence-corrected chi connectivity index (χ1v) is 10.8. The number of hydrogen-bond acceptors (Lipinski definition) is 4. The summed E-state index contributed by atoms with van der Waals surface area (Å²) >= 11 is 0. The van der Waals surface area contributed by atoms with Gasteiger partial charge >= 0.3 is 0 Å². The van der Waals surface area contributed by atoms with Crippen molar-refractivity contribution in [2.75, 3.05) is 11.3 Å². The number of para-hydroxylation sites is 1. The third-order valence-electron chi connectivity index (χ3n) is 4.34. The predicted octanol–water partition coefficient (Wildman–Crippen LogP) is 5.25. The summed E-state index contributed by atoms with van der Waals surface area (Å²) in [6, 6.07) is 19.7. The fraction of sp³-hybridized carbons (Fsp3) is 0.174. The van der Waals surface area contributed by atoms with Gasteiger partial charge < -0.3 is 4.74 Å². The molecule has 0 aliphatic rings. The summed E-state index contributed by atoms with van der Waals surface area (Å²) in [7, 11) is -3.67. The van der Waals surface area contributed by atoms with Gasteiger partial charge in [-0.1, -0.05) is 29.8 Å². The molecule has 6 heteroatoms. The van der Waals surface area contributed by atoms with Gasteiger partial charge in [-0.2, -0.15) is 0 Å². The molecule has 0 amide bonds. The van der Waals surface area contributed by atoms with Crippen LogP contribution in [0.4, 0.5) is 11.4 Å². The number of nitrogens with one attached hydrogen (secondary N) is 1. The molecular weight excluding hydrogens is 384 g/mol. The number of sulfonamides is 1. The largest absolute Gasteiger partial charge is 0.493 e. The van der Waals surface area contributed by atoms with Crippen LogP contribution in [0.1, 0.15) is 23.6 Å². The summed E-state index contributed by atoms with van der Waals surface area (Å²) in [5.41, 5.74) is 4.05. The van der Waals surface area contributed by atoms with Crippen molar-refractivity contribution < 1.29 is 13.2 Å². The number of aryl methyl sites for hydroxylation is 2. The molecule has 1 N–H and O–H groups in total. The van der Waals surface area contributed by atoms with E-state index in [2.05, 4.69) is 9.71 Å². The van der Waals surface area contributed by atoms with Gasteiger partial charge in [0.05, 0.1) is 22.9 Å². The van der Waals surface area contributed by atoms with Gasteiger partial charge in [-0.3, -0.25) is 9.71 Å². The molecule has 0 saturated carbocycles. The van der Waals surface area contributed by atoms with Gasteiger partial charge in [0.2, 0.25) is 0 Å². The van der Waals surface area contributed by atoms with Gasteiger partial charge in [0.1, 0.15) is 5.75 Å². The molecule has 0 radical (unpaired) electrons. The zero-order valence-electron chi connectivity index (χ0n) is 16.7. The Labute approximate surface area is 172 Å². The van der Waals surface area contributed by atoms with Crippen molar-refractivity contribution in [3.63, 3.8) is 0 Å². The Bertz CT molecular complexity index is 1120. The second-order valence-corrected chi connectivity index (χ2v) is 8.33. The molecule has 0 bridgehead atoms. The minimum atomic E-state index is -3.67. The monoisotopic (exact) mass is 408 g/mol. The van der Waals surface area contributed by atoms with Crippen LogP contribution in [0.5, 0.6) is 5.75 Å². The van der Waals surface area contributed by atoms with E-state index in [1.54, 1.807) is 36.5 Å². The Hall–Kier alpha value is -3.12. The highest BCUT2D eigenvalue weighted by molar-refractivity contribution is 7.92. The van der Waals surface area contributed by atoms with Gasteiger partial charge in [0, 0.05) is 11.8 Å². The smallest absolute Gasteiger partial charge is 0.261 e. The summed E-state index contributed by atoms with van der Waals surface area (Å²) in [6.45, 7) is 6.35. The van der Waals surface area contributed by atoms with E-state index in [1.165, 1.54) is 0 Å². The van der Waals surface area contributed by atoms with Crippen LogP contribution in [0.25, 0.3) is 0 Å². The molecule has 0 unspecified atom stereocenters. The predicted molar refractivity (Wildman–Crippen MR) is 118 cm³/mol. The van der Waals surface area contributed by atoms with Crippen molar-refractivity contribution in [2.24, 2.45) is 4.99 Å². The Kier molecular flexibility index (Phi) is 6.34. The molecule has 5 nitrogen and oxygen atoms in total. The van der Waals surface area contributed by atoms with Crippen molar-refractivity contribution in [3.05, 3.63) is 83.4 Å². The van der Waals surface area contributed by atoms with Crippen LogP contribution in [0.2, 0.25) is 0 Å². The Balaban J connectivity index is 1.77.